The van der Waals surface area contributed by atoms with Crippen LogP contribution in [-0.4, -0.2) is 31.3 Å². The van der Waals surface area contributed by atoms with Crippen molar-refractivity contribution < 1.29 is 18.0 Å². The summed E-state index contributed by atoms with van der Waals surface area (Å²) in [5.74, 6) is 0.313. The summed E-state index contributed by atoms with van der Waals surface area (Å²) in [5.41, 5.74) is -0.857. The van der Waals surface area contributed by atoms with Crippen molar-refractivity contribution in [2.75, 3.05) is 0 Å². The minimum absolute atomic E-state index is 0.0204. The summed E-state index contributed by atoms with van der Waals surface area (Å²) in [4.78, 5) is 30.0. The summed E-state index contributed by atoms with van der Waals surface area (Å²) in [6.45, 7) is 6.57. The molecule has 0 spiro atoms. The highest BCUT2D eigenvalue weighted by Gasteiger charge is 2.61. The molecule has 2 fully saturated rings. The summed E-state index contributed by atoms with van der Waals surface area (Å²) < 4.78 is 41.7. The molecule has 2 aliphatic carbocycles. The Bertz CT molecular complexity index is 1340. The van der Waals surface area contributed by atoms with Crippen molar-refractivity contribution in [1.82, 2.24) is 24.6 Å². The first-order chi connectivity index (χ1) is 15.9. The van der Waals surface area contributed by atoms with E-state index in [0.717, 1.165) is 25.0 Å². The van der Waals surface area contributed by atoms with Gasteiger partial charge in [-0.15, -0.1) is 0 Å². The van der Waals surface area contributed by atoms with Crippen molar-refractivity contribution in [2.45, 2.75) is 58.8 Å². The molecular weight excluding hydrogens is 447 g/mol. The Morgan fingerprint density at radius 3 is 2.68 bits per heavy atom. The van der Waals surface area contributed by atoms with Gasteiger partial charge in [0.15, 0.2) is 5.65 Å². The van der Waals surface area contributed by atoms with Crippen LogP contribution in [-0.2, 0) is 17.5 Å². The summed E-state index contributed by atoms with van der Waals surface area (Å²) in [6, 6.07) is 4.70. The smallest absolute Gasteiger partial charge is 0.351 e. The van der Waals surface area contributed by atoms with Gasteiger partial charge >= 0.3 is 6.18 Å². The molecule has 0 saturated heterocycles. The van der Waals surface area contributed by atoms with Gasteiger partial charge in [0.2, 0.25) is 5.91 Å². The minimum Gasteiger partial charge on any atom is -0.351 e. The maximum Gasteiger partial charge on any atom is 0.416 e. The minimum atomic E-state index is -4.50. The standard InChI is InChI=1S/C24H26F3N5O2/c1-22(2)14-7-8-23(22,3)18(10-14)30-19(33)12-31-13-28-20-17(21(31)34)11-29-32(20)16-6-4-5-15(9-16)24(25,26)27/h4-6,9,11,13-14,18H,7-8,10,12H2,1-3H3,(H,30,33). The zero-order valence-corrected chi connectivity index (χ0v) is 19.2. The predicted octanol–water partition coefficient (Wildman–Crippen LogP) is 3.93. The van der Waals surface area contributed by atoms with Gasteiger partial charge in [-0.25, -0.2) is 9.67 Å². The molecule has 7 nitrogen and oxygen atoms in total. The van der Waals surface area contributed by atoms with Gasteiger partial charge in [-0.3, -0.25) is 14.2 Å². The molecular formula is C24H26F3N5O2. The monoisotopic (exact) mass is 473 g/mol. The number of nitrogens with one attached hydrogen (secondary N) is 1. The van der Waals surface area contributed by atoms with E-state index in [0.29, 0.717) is 5.92 Å². The van der Waals surface area contributed by atoms with Gasteiger partial charge in [-0.2, -0.15) is 18.3 Å². The van der Waals surface area contributed by atoms with Crippen molar-refractivity contribution in [3.05, 3.63) is 52.7 Å². The molecule has 2 heterocycles. The first-order valence-electron chi connectivity index (χ1n) is 11.3. The number of halogens is 3. The third kappa shape index (κ3) is 3.33. The molecule has 2 aliphatic rings. The van der Waals surface area contributed by atoms with Crippen LogP contribution in [0.1, 0.15) is 45.6 Å². The van der Waals surface area contributed by atoms with Crippen molar-refractivity contribution in [2.24, 2.45) is 16.7 Å². The number of rotatable bonds is 4. The van der Waals surface area contributed by atoms with E-state index < -0.39 is 17.3 Å². The highest BCUT2D eigenvalue weighted by Crippen LogP contribution is 2.65. The molecule has 3 unspecified atom stereocenters. The van der Waals surface area contributed by atoms with Gasteiger partial charge in [0.05, 0.1) is 17.4 Å². The second-order valence-corrected chi connectivity index (χ2v) is 10.2. The second kappa shape index (κ2) is 7.41. The van der Waals surface area contributed by atoms with E-state index in [-0.39, 0.29) is 46.0 Å². The number of hydrogen-bond acceptors (Lipinski definition) is 4. The van der Waals surface area contributed by atoms with Gasteiger partial charge in [0, 0.05) is 6.04 Å². The number of carbonyl (C=O) groups excluding carboxylic acids is 1. The summed E-state index contributed by atoms with van der Waals surface area (Å²) in [5, 5.41) is 7.33. The molecule has 34 heavy (non-hydrogen) atoms. The van der Waals surface area contributed by atoms with Gasteiger partial charge in [-0.1, -0.05) is 26.8 Å². The fourth-order valence-electron chi connectivity index (χ4n) is 5.88. The molecule has 1 N–H and O–H groups in total. The fourth-order valence-corrected chi connectivity index (χ4v) is 5.88. The number of fused-ring (bicyclic) bond motifs is 3. The van der Waals surface area contributed by atoms with E-state index in [4.69, 9.17) is 0 Å². The molecule has 3 atom stereocenters. The zero-order chi connectivity index (χ0) is 24.5. The summed E-state index contributed by atoms with van der Waals surface area (Å²) in [6.07, 6.45) is 1.17. The molecule has 0 aliphatic heterocycles. The number of nitrogens with zero attached hydrogens (tertiary/aromatic N) is 4. The zero-order valence-electron chi connectivity index (χ0n) is 19.2. The van der Waals surface area contributed by atoms with Crippen LogP contribution in [0.2, 0.25) is 0 Å². The third-order valence-corrected chi connectivity index (χ3v) is 8.42. The Morgan fingerprint density at radius 2 is 2.03 bits per heavy atom. The maximum atomic E-state index is 13.1. The van der Waals surface area contributed by atoms with Crippen molar-refractivity contribution in [3.8, 4) is 5.69 Å². The van der Waals surface area contributed by atoms with Crippen LogP contribution in [0.3, 0.4) is 0 Å². The lowest BCUT2D eigenvalue weighted by molar-refractivity contribution is -0.137. The lowest BCUT2D eigenvalue weighted by atomic mass is 9.69. The number of alkyl halides is 3. The van der Waals surface area contributed by atoms with Crippen molar-refractivity contribution in [1.29, 1.82) is 0 Å². The molecule has 2 saturated carbocycles. The second-order valence-electron chi connectivity index (χ2n) is 10.2. The first-order valence-corrected chi connectivity index (χ1v) is 11.3. The van der Waals surface area contributed by atoms with Gasteiger partial charge in [0.1, 0.15) is 18.3 Å². The van der Waals surface area contributed by atoms with Gasteiger partial charge < -0.3 is 5.32 Å². The summed E-state index contributed by atoms with van der Waals surface area (Å²) >= 11 is 0. The Hall–Kier alpha value is -3.17. The maximum absolute atomic E-state index is 13.1. The van der Waals surface area contributed by atoms with Crippen LogP contribution < -0.4 is 10.9 Å². The highest BCUT2D eigenvalue weighted by atomic mass is 19.4. The van der Waals surface area contributed by atoms with Gasteiger partial charge in [0.25, 0.3) is 5.56 Å². The van der Waals surface area contributed by atoms with Crippen LogP contribution in [0.15, 0.2) is 41.6 Å². The van der Waals surface area contributed by atoms with Crippen LogP contribution >= 0.6 is 0 Å². The predicted molar refractivity (Wildman–Crippen MR) is 119 cm³/mol. The molecule has 1 aromatic carbocycles. The first kappa shape index (κ1) is 22.6. The molecule has 180 valence electrons. The lowest BCUT2D eigenvalue weighted by Gasteiger charge is -2.39. The third-order valence-electron chi connectivity index (χ3n) is 8.42. The molecule has 0 radical (unpaired) electrons. The quantitative estimate of drug-likeness (QED) is 0.623. The average Bonchev–Trinajstić information content (AvgIpc) is 3.35. The molecule has 2 bridgehead atoms. The SMILES string of the molecule is CC1(C)C2CCC1(C)C(NC(=O)Cn1cnc3c(cnn3-c3cccc(C(F)(F)F)c3)c1=O)C2. The number of carbonyl (C=O) groups is 1. The van der Waals surface area contributed by atoms with E-state index in [1.54, 1.807) is 0 Å². The molecule has 1 amide bonds. The van der Waals surface area contributed by atoms with E-state index in [1.165, 1.54) is 40.3 Å². The molecule has 10 heteroatoms. The number of aromatic nitrogens is 4. The van der Waals surface area contributed by atoms with Crippen LogP contribution in [0.4, 0.5) is 13.2 Å². The van der Waals surface area contributed by atoms with Crippen molar-refractivity contribution in [3.63, 3.8) is 0 Å². The lowest BCUT2D eigenvalue weighted by Crippen LogP contribution is -2.48. The number of amides is 1. The van der Waals surface area contributed by atoms with E-state index in [1.807, 2.05) is 0 Å². The Labute approximate surface area is 194 Å². The Balaban J connectivity index is 1.38. The molecule has 2 aromatic heterocycles. The van der Waals surface area contributed by atoms with Crippen LogP contribution in [0, 0.1) is 16.7 Å². The topological polar surface area (TPSA) is 81.8 Å². The normalized spacial score (nSPS) is 25.7. The van der Waals surface area contributed by atoms with E-state index in [2.05, 4.69) is 36.2 Å². The van der Waals surface area contributed by atoms with Gasteiger partial charge in [-0.05, 0) is 54.2 Å². The van der Waals surface area contributed by atoms with E-state index >= 15 is 0 Å². The Morgan fingerprint density at radius 1 is 1.26 bits per heavy atom. The van der Waals surface area contributed by atoms with Crippen LogP contribution in [0.5, 0.6) is 0 Å². The van der Waals surface area contributed by atoms with E-state index in [9.17, 15) is 22.8 Å². The largest absolute Gasteiger partial charge is 0.416 e. The fraction of sp³-hybridized carbons (Fsp3) is 0.500. The highest BCUT2D eigenvalue weighted by molar-refractivity contribution is 5.78. The Kier molecular flexibility index (Phi) is 4.93. The molecule has 3 aromatic rings. The average molecular weight is 473 g/mol. The number of benzene rings is 1. The summed E-state index contributed by atoms with van der Waals surface area (Å²) in [7, 11) is 0. The molecule has 5 rings (SSSR count). The van der Waals surface area contributed by atoms with Crippen LogP contribution in [0.25, 0.3) is 16.7 Å². The number of hydrogen-bond donors (Lipinski definition) is 1. The van der Waals surface area contributed by atoms with Crippen molar-refractivity contribution >= 4 is 16.9 Å².